The molecule has 0 spiro atoms. The van der Waals surface area contributed by atoms with Crippen molar-refractivity contribution < 1.29 is 13.2 Å². The number of ether oxygens (including phenoxy) is 1. The standard InChI is InChI=1S/C14H20BrNO3S/c1-13(2)9-16(10-14(3,4)19-13)20(17,18)12-7-5-6-11(15)8-12/h5-8H,9-10H2,1-4H3. The van der Waals surface area contributed by atoms with Gasteiger partial charge in [0.1, 0.15) is 0 Å². The molecule has 1 saturated heterocycles. The summed E-state index contributed by atoms with van der Waals surface area (Å²) in [5, 5.41) is 0. The van der Waals surface area contributed by atoms with Gasteiger partial charge in [0.25, 0.3) is 0 Å². The molecule has 0 radical (unpaired) electrons. The van der Waals surface area contributed by atoms with Crippen molar-refractivity contribution >= 4 is 26.0 Å². The van der Waals surface area contributed by atoms with Crippen LogP contribution in [-0.4, -0.2) is 37.0 Å². The minimum Gasteiger partial charge on any atom is -0.367 e. The van der Waals surface area contributed by atoms with Crippen LogP contribution in [-0.2, 0) is 14.8 Å². The van der Waals surface area contributed by atoms with Gasteiger partial charge in [0.05, 0.1) is 16.1 Å². The number of hydrogen-bond acceptors (Lipinski definition) is 3. The fourth-order valence-electron chi connectivity index (χ4n) is 2.66. The first-order chi connectivity index (χ1) is 9.02. The predicted octanol–water partition coefficient (Wildman–Crippen LogP) is 3.03. The van der Waals surface area contributed by atoms with Crippen molar-refractivity contribution in [1.82, 2.24) is 4.31 Å². The zero-order valence-electron chi connectivity index (χ0n) is 12.2. The second-order valence-electron chi connectivity index (χ2n) is 6.35. The highest BCUT2D eigenvalue weighted by Crippen LogP contribution is 2.32. The molecule has 6 heteroatoms. The average Bonchev–Trinajstić information content (AvgIpc) is 2.24. The van der Waals surface area contributed by atoms with Gasteiger partial charge in [-0.15, -0.1) is 0 Å². The third-order valence-electron chi connectivity index (χ3n) is 3.10. The van der Waals surface area contributed by atoms with E-state index in [0.29, 0.717) is 18.0 Å². The summed E-state index contributed by atoms with van der Waals surface area (Å²) in [4.78, 5) is 0.306. The van der Waals surface area contributed by atoms with Gasteiger partial charge in [-0.3, -0.25) is 0 Å². The number of rotatable bonds is 2. The third-order valence-corrected chi connectivity index (χ3v) is 5.38. The maximum atomic E-state index is 12.8. The van der Waals surface area contributed by atoms with Crippen molar-refractivity contribution in [3.05, 3.63) is 28.7 Å². The SMILES string of the molecule is CC1(C)CN(S(=O)(=O)c2cccc(Br)c2)CC(C)(C)O1. The minimum atomic E-state index is -3.50. The van der Waals surface area contributed by atoms with Crippen molar-refractivity contribution in [3.63, 3.8) is 0 Å². The topological polar surface area (TPSA) is 46.6 Å². The lowest BCUT2D eigenvalue weighted by atomic mass is 10.0. The minimum absolute atomic E-state index is 0.306. The first kappa shape index (κ1) is 15.9. The van der Waals surface area contributed by atoms with Gasteiger partial charge in [-0.1, -0.05) is 22.0 Å². The molecule has 0 amide bonds. The van der Waals surface area contributed by atoms with Crippen LogP contribution >= 0.6 is 15.9 Å². The van der Waals surface area contributed by atoms with Gasteiger partial charge in [0, 0.05) is 17.6 Å². The molecule has 1 aromatic rings. The summed E-state index contributed by atoms with van der Waals surface area (Å²) in [5.41, 5.74) is -0.998. The van der Waals surface area contributed by atoms with Gasteiger partial charge >= 0.3 is 0 Å². The summed E-state index contributed by atoms with van der Waals surface area (Å²) in [5.74, 6) is 0. The zero-order valence-corrected chi connectivity index (χ0v) is 14.6. The molecular weight excluding hydrogens is 342 g/mol. The summed E-state index contributed by atoms with van der Waals surface area (Å²) in [7, 11) is -3.50. The van der Waals surface area contributed by atoms with Crippen LogP contribution < -0.4 is 0 Å². The Morgan fingerprint density at radius 1 is 1.15 bits per heavy atom. The second-order valence-corrected chi connectivity index (χ2v) is 9.21. The lowest BCUT2D eigenvalue weighted by Crippen LogP contribution is -2.58. The van der Waals surface area contributed by atoms with Crippen molar-refractivity contribution in [3.8, 4) is 0 Å². The molecule has 0 saturated carbocycles. The Hall–Kier alpha value is -0.430. The van der Waals surface area contributed by atoms with Gasteiger partial charge < -0.3 is 4.74 Å². The lowest BCUT2D eigenvalue weighted by molar-refractivity contribution is -0.163. The maximum absolute atomic E-state index is 12.8. The number of benzene rings is 1. The maximum Gasteiger partial charge on any atom is 0.243 e. The zero-order chi connectivity index (χ0) is 15.2. The summed E-state index contributed by atoms with van der Waals surface area (Å²) < 4.78 is 33.7. The quantitative estimate of drug-likeness (QED) is 0.813. The molecule has 20 heavy (non-hydrogen) atoms. The van der Waals surface area contributed by atoms with Crippen molar-refractivity contribution in [1.29, 1.82) is 0 Å². The van der Waals surface area contributed by atoms with E-state index in [1.807, 2.05) is 33.8 Å². The van der Waals surface area contributed by atoms with Crippen molar-refractivity contribution in [2.75, 3.05) is 13.1 Å². The fourth-order valence-corrected chi connectivity index (χ4v) is 5.00. The van der Waals surface area contributed by atoms with E-state index in [0.717, 1.165) is 4.47 Å². The molecule has 1 aliphatic heterocycles. The summed E-state index contributed by atoms with van der Waals surface area (Å²) in [6.07, 6.45) is 0. The first-order valence-corrected chi connectivity index (χ1v) is 8.71. The highest BCUT2D eigenvalue weighted by Gasteiger charge is 2.43. The van der Waals surface area contributed by atoms with E-state index in [-0.39, 0.29) is 0 Å². The van der Waals surface area contributed by atoms with Gasteiger partial charge in [-0.2, -0.15) is 4.31 Å². The van der Waals surface area contributed by atoms with E-state index in [2.05, 4.69) is 15.9 Å². The Labute approximate surface area is 129 Å². The Morgan fingerprint density at radius 2 is 1.70 bits per heavy atom. The Kier molecular flexibility index (Phi) is 4.06. The molecule has 0 bridgehead atoms. The number of halogens is 1. The van der Waals surface area contributed by atoms with Crippen LogP contribution in [0.1, 0.15) is 27.7 Å². The molecule has 1 aliphatic rings. The van der Waals surface area contributed by atoms with Gasteiger partial charge in [0.2, 0.25) is 10.0 Å². The van der Waals surface area contributed by atoms with Crippen LogP contribution in [0, 0.1) is 0 Å². The molecule has 1 fully saturated rings. The number of sulfonamides is 1. The summed E-state index contributed by atoms with van der Waals surface area (Å²) in [6.45, 7) is 8.36. The Morgan fingerprint density at radius 3 is 2.20 bits per heavy atom. The lowest BCUT2D eigenvalue weighted by Gasteiger charge is -2.46. The van der Waals surface area contributed by atoms with Crippen LogP contribution in [0.15, 0.2) is 33.6 Å². The smallest absolute Gasteiger partial charge is 0.243 e. The first-order valence-electron chi connectivity index (χ1n) is 6.48. The van der Waals surface area contributed by atoms with Crippen LogP contribution in [0.4, 0.5) is 0 Å². The van der Waals surface area contributed by atoms with Crippen LogP contribution in [0.2, 0.25) is 0 Å². The second kappa shape index (κ2) is 5.09. The molecule has 2 rings (SSSR count). The van der Waals surface area contributed by atoms with Crippen LogP contribution in [0.5, 0.6) is 0 Å². The number of hydrogen-bond donors (Lipinski definition) is 0. The predicted molar refractivity (Wildman–Crippen MR) is 82.1 cm³/mol. The van der Waals surface area contributed by atoms with Crippen molar-refractivity contribution in [2.24, 2.45) is 0 Å². The number of morpholine rings is 1. The number of nitrogens with zero attached hydrogens (tertiary/aromatic N) is 1. The molecule has 0 atom stereocenters. The summed E-state index contributed by atoms with van der Waals surface area (Å²) >= 11 is 3.32. The molecule has 1 aromatic carbocycles. The Bertz CT molecular complexity index is 595. The summed E-state index contributed by atoms with van der Waals surface area (Å²) in [6, 6.07) is 6.79. The molecule has 0 aliphatic carbocycles. The largest absolute Gasteiger partial charge is 0.367 e. The average molecular weight is 362 g/mol. The van der Waals surface area contributed by atoms with Crippen molar-refractivity contribution in [2.45, 2.75) is 43.8 Å². The van der Waals surface area contributed by atoms with E-state index in [4.69, 9.17) is 4.74 Å². The normalized spacial score (nSPS) is 22.6. The Balaban J connectivity index is 2.39. The van der Waals surface area contributed by atoms with Crippen LogP contribution in [0.3, 0.4) is 0 Å². The highest BCUT2D eigenvalue weighted by atomic mass is 79.9. The van der Waals surface area contributed by atoms with Gasteiger partial charge in [-0.05, 0) is 45.9 Å². The van der Waals surface area contributed by atoms with Gasteiger partial charge in [0.15, 0.2) is 0 Å². The third kappa shape index (κ3) is 3.42. The van der Waals surface area contributed by atoms with E-state index >= 15 is 0 Å². The van der Waals surface area contributed by atoms with Gasteiger partial charge in [-0.25, -0.2) is 8.42 Å². The van der Waals surface area contributed by atoms with E-state index in [1.54, 1.807) is 18.2 Å². The van der Waals surface area contributed by atoms with E-state index in [1.165, 1.54) is 4.31 Å². The highest BCUT2D eigenvalue weighted by molar-refractivity contribution is 9.10. The fraction of sp³-hybridized carbons (Fsp3) is 0.571. The molecular formula is C14H20BrNO3S. The molecule has 0 aromatic heterocycles. The monoisotopic (exact) mass is 361 g/mol. The molecule has 4 nitrogen and oxygen atoms in total. The van der Waals surface area contributed by atoms with E-state index in [9.17, 15) is 8.42 Å². The molecule has 0 unspecified atom stereocenters. The molecule has 112 valence electrons. The molecule has 1 heterocycles. The van der Waals surface area contributed by atoms with Crippen LogP contribution in [0.25, 0.3) is 0 Å². The van der Waals surface area contributed by atoms with E-state index < -0.39 is 21.2 Å². The molecule has 0 N–H and O–H groups in total.